The van der Waals surface area contributed by atoms with Gasteiger partial charge in [-0.1, -0.05) is 38.1 Å². The molecule has 0 aliphatic heterocycles. The molecule has 1 aromatic carbocycles. The summed E-state index contributed by atoms with van der Waals surface area (Å²) in [6.45, 7) is 5.58. The Labute approximate surface area is 115 Å². The highest BCUT2D eigenvalue weighted by atomic mass is 16.6. The number of benzene rings is 1. The van der Waals surface area contributed by atoms with E-state index >= 15 is 0 Å². The lowest BCUT2D eigenvalue weighted by atomic mass is 9.79. The lowest BCUT2D eigenvalue weighted by Crippen LogP contribution is -2.37. The predicted octanol–water partition coefficient (Wildman–Crippen LogP) is 2.78. The molecule has 0 atom stereocenters. The third kappa shape index (κ3) is 3.79. The van der Waals surface area contributed by atoms with Crippen molar-refractivity contribution in [1.82, 2.24) is 4.98 Å². The minimum Gasteiger partial charge on any atom is -0.407 e. The Morgan fingerprint density at radius 2 is 1.74 bits per heavy atom. The van der Waals surface area contributed by atoms with Gasteiger partial charge in [0.05, 0.1) is 5.52 Å². The number of hydrogen-bond acceptors (Lipinski definition) is 3. The highest BCUT2D eigenvalue weighted by molar-refractivity contribution is 6.61. The molecule has 2 rings (SSSR count). The molecular weight excluding hydrogens is 237 g/mol. The molecule has 0 saturated carbocycles. The summed E-state index contributed by atoms with van der Waals surface area (Å²) in [4.78, 5) is 4.46. The predicted molar refractivity (Wildman–Crippen MR) is 79.6 cm³/mol. The summed E-state index contributed by atoms with van der Waals surface area (Å²) >= 11 is 0. The number of pyridine rings is 1. The number of aromatic nitrogens is 1. The maximum atomic E-state index is 5.77. The first-order valence-corrected chi connectivity index (χ1v) is 6.93. The van der Waals surface area contributed by atoms with Gasteiger partial charge in [-0.3, -0.25) is 4.98 Å². The van der Waals surface area contributed by atoms with Gasteiger partial charge in [0.25, 0.3) is 0 Å². The van der Waals surface area contributed by atoms with Gasteiger partial charge in [0.1, 0.15) is 0 Å². The summed E-state index contributed by atoms with van der Waals surface area (Å²) in [7, 11) is -0.308. The summed E-state index contributed by atoms with van der Waals surface area (Å²) in [5, 5.41) is 1.12. The van der Waals surface area contributed by atoms with Gasteiger partial charge in [0, 0.05) is 24.9 Å². The zero-order valence-electron chi connectivity index (χ0n) is 11.6. The molecular formula is C15H20BNO2. The van der Waals surface area contributed by atoms with Crippen LogP contribution in [0.25, 0.3) is 10.9 Å². The van der Waals surface area contributed by atoms with Gasteiger partial charge in [-0.15, -0.1) is 0 Å². The maximum absolute atomic E-state index is 5.77. The van der Waals surface area contributed by atoms with E-state index in [0.717, 1.165) is 29.2 Å². The van der Waals surface area contributed by atoms with Crippen molar-refractivity contribution in [3.8, 4) is 0 Å². The molecule has 0 aliphatic rings. The Balaban J connectivity index is 2.21. The van der Waals surface area contributed by atoms with Crippen molar-refractivity contribution in [3.05, 3.63) is 36.5 Å². The Morgan fingerprint density at radius 3 is 2.42 bits per heavy atom. The minimum absolute atomic E-state index is 0.308. The molecule has 0 bridgehead atoms. The van der Waals surface area contributed by atoms with E-state index in [-0.39, 0.29) is 7.12 Å². The molecule has 1 heterocycles. The SMILES string of the molecule is CCCOB(OCCC)c1cnc2ccccc2c1. The van der Waals surface area contributed by atoms with Gasteiger partial charge in [0.2, 0.25) is 0 Å². The number of fused-ring (bicyclic) bond motifs is 1. The second-order valence-corrected chi connectivity index (χ2v) is 4.53. The fourth-order valence-corrected chi connectivity index (χ4v) is 1.91. The topological polar surface area (TPSA) is 31.4 Å². The maximum Gasteiger partial charge on any atom is 0.495 e. The summed E-state index contributed by atoms with van der Waals surface area (Å²) in [6, 6.07) is 10.2. The Kier molecular flexibility index (Phi) is 5.37. The van der Waals surface area contributed by atoms with Crippen LogP contribution in [0, 0.1) is 0 Å². The molecule has 0 N–H and O–H groups in total. The number of nitrogens with zero attached hydrogens (tertiary/aromatic N) is 1. The van der Waals surface area contributed by atoms with Crippen molar-refractivity contribution >= 4 is 23.5 Å². The lowest BCUT2D eigenvalue weighted by molar-refractivity contribution is 0.207. The van der Waals surface area contributed by atoms with Crippen LogP contribution < -0.4 is 5.46 Å². The summed E-state index contributed by atoms with van der Waals surface area (Å²) in [6.07, 6.45) is 3.80. The molecule has 4 heteroatoms. The van der Waals surface area contributed by atoms with Crippen LogP contribution >= 0.6 is 0 Å². The molecule has 0 saturated heterocycles. The first-order valence-electron chi connectivity index (χ1n) is 6.93. The Morgan fingerprint density at radius 1 is 1.05 bits per heavy atom. The quantitative estimate of drug-likeness (QED) is 0.715. The Hall–Kier alpha value is -1.39. The first kappa shape index (κ1) is 14.0. The van der Waals surface area contributed by atoms with Gasteiger partial charge >= 0.3 is 7.12 Å². The lowest BCUT2D eigenvalue weighted by Gasteiger charge is -2.14. The summed E-state index contributed by atoms with van der Waals surface area (Å²) in [5.41, 5.74) is 1.98. The van der Waals surface area contributed by atoms with Crippen molar-refractivity contribution in [3.63, 3.8) is 0 Å². The normalized spacial score (nSPS) is 10.8. The van der Waals surface area contributed by atoms with E-state index in [1.54, 1.807) is 0 Å². The molecule has 3 nitrogen and oxygen atoms in total. The molecule has 19 heavy (non-hydrogen) atoms. The van der Waals surface area contributed by atoms with Crippen LogP contribution in [0.2, 0.25) is 0 Å². The van der Waals surface area contributed by atoms with E-state index in [0.29, 0.717) is 13.2 Å². The molecule has 0 aliphatic carbocycles. The molecule has 0 fully saturated rings. The van der Waals surface area contributed by atoms with Crippen LogP contribution in [-0.2, 0) is 9.31 Å². The van der Waals surface area contributed by atoms with Crippen LogP contribution in [0.5, 0.6) is 0 Å². The number of para-hydroxylation sites is 1. The van der Waals surface area contributed by atoms with E-state index in [4.69, 9.17) is 9.31 Å². The zero-order chi connectivity index (χ0) is 13.5. The number of hydrogen-bond donors (Lipinski definition) is 0. The van der Waals surface area contributed by atoms with E-state index < -0.39 is 0 Å². The largest absolute Gasteiger partial charge is 0.495 e. The molecule has 2 aromatic rings. The van der Waals surface area contributed by atoms with E-state index in [2.05, 4.69) is 31.0 Å². The molecule has 100 valence electrons. The summed E-state index contributed by atoms with van der Waals surface area (Å²) in [5.74, 6) is 0. The van der Waals surface area contributed by atoms with Crippen LogP contribution in [-0.4, -0.2) is 25.3 Å². The first-order chi connectivity index (χ1) is 9.35. The van der Waals surface area contributed by atoms with Crippen molar-refractivity contribution in [2.24, 2.45) is 0 Å². The van der Waals surface area contributed by atoms with E-state index in [9.17, 15) is 0 Å². The molecule has 0 unspecified atom stereocenters. The fourth-order valence-electron chi connectivity index (χ4n) is 1.91. The third-order valence-corrected chi connectivity index (χ3v) is 2.83. The van der Waals surface area contributed by atoms with Crippen molar-refractivity contribution in [2.45, 2.75) is 26.7 Å². The zero-order valence-corrected chi connectivity index (χ0v) is 11.6. The second-order valence-electron chi connectivity index (χ2n) is 4.53. The minimum atomic E-state index is -0.308. The van der Waals surface area contributed by atoms with Crippen molar-refractivity contribution in [1.29, 1.82) is 0 Å². The number of rotatable bonds is 7. The van der Waals surface area contributed by atoms with Gasteiger partial charge in [-0.2, -0.15) is 0 Å². The fraction of sp³-hybridized carbons (Fsp3) is 0.400. The molecule has 1 aromatic heterocycles. The molecule has 0 spiro atoms. The smallest absolute Gasteiger partial charge is 0.407 e. The summed E-state index contributed by atoms with van der Waals surface area (Å²) < 4.78 is 11.5. The van der Waals surface area contributed by atoms with Crippen molar-refractivity contribution < 1.29 is 9.31 Å². The standard InChI is InChI=1S/C15H20BNO2/c1-3-9-18-16(19-10-4-2)14-11-13-7-5-6-8-15(13)17-12-14/h5-8,11-12H,3-4,9-10H2,1-2H3. The van der Waals surface area contributed by atoms with E-state index in [1.165, 1.54) is 0 Å². The van der Waals surface area contributed by atoms with Crippen LogP contribution in [0.1, 0.15) is 26.7 Å². The van der Waals surface area contributed by atoms with Gasteiger partial charge in [-0.25, -0.2) is 0 Å². The van der Waals surface area contributed by atoms with Crippen LogP contribution in [0.4, 0.5) is 0 Å². The van der Waals surface area contributed by atoms with Gasteiger partial charge in [0.15, 0.2) is 0 Å². The monoisotopic (exact) mass is 257 g/mol. The second kappa shape index (κ2) is 7.26. The third-order valence-electron chi connectivity index (χ3n) is 2.83. The van der Waals surface area contributed by atoms with Crippen LogP contribution in [0.15, 0.2) is 36.5 Å². The average Bonchev–Trinajstić information content (AvgIpc) is 2.47. The van der Waals surface area contributed by atoms with Crippen LogP contribution in [0.3, 0.4) is 0 Å². The van der Waals surface area contributed by atoms with Crippen molar-refractivity contribution in [2.75, 3.05) is 13.2 Å². The van der Waals surface area contributed by atoms with Gasteiger partial charge < -0.3 is 9.31 Å². The highest BCUT2D eigenvalue weighted by Crippen LogP contribution is 2.09. The van der Waals surface area contributed by atoms with E-state index in [1.807, 2.05) is 24.4 Å². The van der Waals surface area contributed by atoms with Gasteiger partial charge in [-0.05, 0) is 24.3 Å². The molecule has 0 radical (unpaired) electrons. The average molecular weight is 257 g/mol. The highest BCUT2D eigenvalue weighted by Gasteiger charge is 2.21. The molecule has 0 amide bonds. The Bertz CT molecular complexity index is 510.